The monoisotopic (exact) mass is 1030 g/mol. The molecule has 0 saturated carbocycles. The van der Waals surface area contributed by atoms with Gasteiger partial charge in [-0.2, -0.15) is 0 Å². The fourth-order valence-corrected chi connectivity index (χ4v) is 8.72. The van der Waals surface area contributed by atoms with E-state index in [0.717, 1.165) is 116 Å². The van der Waals surface area contributed by atoms with Crippen LogP contribution in [0, 0.1) is 0 Å². The number of carbonyl (C=O) groups is 3. The first-order valence-electron chi connectivity index (χ1n) is 31.2. The molecule has 0 spiro atoms. The van der Waals surface area contributed by atoms with Gasteiger partial charge in [0.2, 0.25) is 0 Å². The number of unbranched alkanes of at least 4 members (excludes halogenated alkanes) is 29. The Hall–Kier alpha value is -3.67. The molecule has 6 nitrogen and oxygen atoms in total. The van der Waals surface area contributed by atoms with Gasteiger partial charge in [0.1, 0.15) is 13.2 Å². The van der Waals surface area contributed by atoms with Gasteiger partial charge < -0.3 is 14.2 Å². The van der Waals surface area contributed by atoms with Gasteiger partial charge in [-0.05, 0) is 96.3 Å². The van der Waals surface area contributed by atoms with Crippen molar-refractivity contribution in [2.24, 2.45) is 0 Å². The van der Waals surface area contributed by atoms with Gasteiger partial charge in [-0.3, -0.25) is 14.4 Å². The number of allylic oxidation sites excluding steroid dienone is 16. The molecule has 0 aromatic heterocycles. The molecule has 0 bridgehead atoms. The van der Waals surface area contributed by atoms with Gasteiger partial charge in [-0.25, -0.2) is 0 Å². The van der Waals surface area contributed by atoms with Crippen LogP contribution in [0.1, 0.15) is 297 Å². The quantitative estimate of drug-likeness (QED) is 0.0261. The molecule has 0 N–H and O–H groups in total. The first kappa shape index (κ1) is 70.3. The molecule has 0 aromatic rings. The smallest absolute Gasteiger partial charge is 0.306 e. The van der Waals surface area contributed by atoms with Crippen molar-refractivity contribution >= 4 is 17.9 Å². The number of esters is 3. The van der Waals surface area contributed by atoms with Crippen LogP contribution in [0.5, 0.6) is 0 Å². The first-order chi connectivity index (χ1) is 36.5. The molecular weight excluding hydrogens is 913 g/mol. The molecule has 74 heavy (non-hydrogen) atoms. The summed E-state index contributed by atoms with van der Waals surface area (Å²) in [5, 5.41) is 0. The normalized spacial score (nSPS) is 12.7. The van der Waals surface area contributed by atoms with Gasteiger partial charge >= 0.3 is 17.9 Å². The van der Waals surface area contributed by atoms with E-state index in [1.807, 2.05) is 0 Å². The Bertz CT molecular complexity index is 1460. The van der Waals surface area contributed by atoms with Crippen molar-refractivity contribution in [3.8, 4) is 0 Å². The maximum absolute atomic E-state index is 12.8. The van der Waals surface area contributed by atoms with E-state index in [9.17, 15) is 14.4 Å². The number of rotatable bonds is 56. The minimum absolute atomic E-state index is 0.0785. The molecule has 0 aliphatic heterocycles. The van der Waals surface area contributed by atoms with Gasteiger partial charge in [0.15, 0.2) is 6.10 Å². The van der Waals surface area contributed by atoms with E-state index in [-0.39, 0.29) is 31.1 Å². The summed E-state index contributed by atoms with van der Waals surface area (Å²) >= 11 is 0. The lowest BCUT2D eigenvalue weighted by atomic mass is 10.0. The van der Waals surface area contributed by atoms with Crippen LogP contribution >= 0.6 is 0 Å². The average molecular weight is 1030 g/mol. The number of ether oxygens (including phenoxy) is 3. The van der Waals surface area contributed by atoms with Crippen molar-refractivity contribution in [3.05, 3.63) is 97.2 Å². The topological polar surface area (TPSA) is 78.9 Å². The zero-order valence-corrected chi connectivity index (χ0v) is 48.6. The lowest BCUT2D eigenvalue weighted by Crippen LogP contribution is -2.30. The molecule has 0 radical (unpaired) electrons. The second-order valence-corrected chi connectivity index (χ2v) is 20.6. The lowest BCUT2D eigenvalue weighted by Gasteiger charge is -2.18. The molecule has 0 fully saturated rings. The minimum atomic E-state index is -0.778. The minimum Gasteiger partial charge on any atom is -0.462 e. The predicted molar refractivity (Wildman–Crippen MR) is 320 cm³/mol. The highest BCUT2D eigenvalue weighted by Crippen LogP contribution is 2.16. The van der Waals surface area contributed by atoms with Crippen LogP contribution in [0.2, 0.25) is 0 Å². The van der Waals surface area contributed by atoms with Crippen molar-refractivity contribution < 1.29 is 28.6 Å². The van der Waals surface area contributed by atoms with Crippen LogP contribution in [0.3, 0.4) is 0 Å². The Morgan fingerprint density at radius 1 is 0.284 bits per heavy atom. The Balaban J connectivity index is 4.00. The van der Waals surface area contributed by atoms with E-state index in [1.54, 1.807) is 0 Å². The number of hydrogen-bond acceptors (Lipinski definition) is 6. The Morgan fingerprint density at radius 3 is 0.824 bits per heavy atom. The molecule has 0 saturated heterocycles. The van der Waals surface area contributed by atoms with Crippen molar-refractivity contribution in [3.63, 3.8) is 0 Å². The zero-order chi connectivity index (χ0) is 53.6. The Labute approximate surface area is 457 Å². The van der Waals surface area contributed by atoms with Crippen LogP contribution < -0.4 is 0 Å². The first-order valence-corrected chi connectivity index (χ1v) is 31.2. The maximum Gasteiger partial charge on any atom is 0.306 e. The highest BCUT2D eigenvalue weighted by atomic mass is 16.6. The van der Waals surface area contributed by atoms with Crippen LogP contribution in [0.25, 0.3) is 0 Å². The Morgan fingerprint density at radius 2 is 0.527 bits per heavy atom. The molecule has 0 amide bonds. The van der Waals surface area contributed by atoms with Crippen molar-refractivity contribution in [2.45, 2.75) is 303 Å². The van der Waals surface area contributed by atoms with E-state index in [4.69, 9.17) is 14.2 Å². The van der Waals surface area contributed by atoms with Gasteiger partial charge in [-0.1, -0.05) is 279 Å². The van der Waals surface area contributed by atoms with Gasteiger partial charge in [0, 0.05) is 19.3 Å². The SMILES string of the molecule is CC/C=C\C/C=C\C/C=C\C/C=C\C/C=C\CCCCCCCCCCCCCCCCCCCC(=O)OCC(COC(=O)CCCCCCCC)OC(=O)CCCCCCCCC/C=C\C/C=C\C/C=C\CC. The molecule has 6 heteroatoms. The largest absolute Gasteiger partial charge is 0.462 e. The highest BCUT2D eigenvalue weighted by Gasteiger charge is 2.19. The third-order valence-electron chi connectivity index (χ3n) is 13.3. The van der Waals surface area contributed by atoms with Crippen LogP contribution in [0.15, 0.2) is 97.2 Å². The van der Waals surface area contributed by atoms with Gasteiger partial charge in [-0.15, -0.1) is 0 Å². The summed E-state index contributed by atoms with van der Waals surface area (Å²) in [6.45, 7) is 6.36. The number of carbonyl (C=O) groups excluding carboxylic acids is 3. The second kappa shape index (κ2) is 61.9. The van der Waals surface area contributed by atoms with Crippen molar-refractivity contribution in [1.29, 1.82) is 0 Å². The summed E-state index contributed by atoms with van der Waals surface area (Å²) in [6.07, 6.45) is 83.1. The molecular formula is C68H116O6. The summed E-state index contributed by atoms with van der Waals surface area (Å²) in [5.41, 5.74) is 0. The molecule has 0 rings (SSSR count). The molecule has 0 aromatic carbocycles. The number of hydrogen-bond donors (Lipinski definition) is 0. The zero-order valence-electron chi connectivity index (χ0n) is 48.6. The van der Waals surface area contributed by atoms with Crippen LogP contribution in [-0.2, 0) is 28.6 Å². The molecule has 424 valence electrons. The Kier molecular flexibility index (Phi) is 58.8. The summed E-state index contributed by atoms with van der Waals surface area (Å²) in [4.78, 5) is 37.9. The van der Waals surface area contributed by atoms with Crippen LogP contribution in [-0.4, -0.2) is 37.2 Å². The van der Waals surface area contributed by atoms with Crippen LogP contribution in [0.4, 0.5) is 0 Å². The molecule has 1 atom stereocenters. The third-order valence-corrected chi connectivity index (χ3v) is 13.3. The summed E-state index contributed by atoms with van der Waals surface area (Å²) in [5.74, 6) is -0.890. The van der Waals surface area contributed by atoms with Crippen molar-refractivity contribution in [2.75, 3.05) is 13.2 Å². The molecule has 0 aliphatic carbocycles. The average Bonchev–Trinajstić information content (AvgIpc) is 3.40. The standard InChI is InChI=1S/C68H116O6/c1-4-7-10-13-16-18-20-22-24-26-27-28-29-30-31-32-33-34-35-36-37-38-39-40-41-43-44-46-48-50-52-55-58-61-67(70)73-64-65(63-72-66(69)60-57-54-15-12-9-6-3)74-68(71)62-59-56-53-51-49-47-45-42-25-23-21-19-17-14-11-8-5-2/h7-8,10-11,16-19,22-25,27-28,30-31,65H,4-6,9,12-15,20-21,26,29,32-64H2,1-3H3/b10-7-,11-8-,18-16-,19-17-,24-22-,25-23-,28-27-,31-30-. The van der Waals surface area contributed by atoms with Gasteiger partial charge in [0.25, 0.3) is 0 Å². The summed E-state index contributed by atoms with van der Waals surface area (Å²) < 4.78 is 16.8. The van der Waals surface area contributed by atoms with Gasteiger partial charge in [0.05, 0.1) is 0 Å². The highest BCUT2D eigenvalue weighted by molar-refractivity contribution is 5.71. The summed E-state index contributed by atoms with van der Waals surface area (Å²) in [7, 11) is 0. The summed E-state index contributed by atoms with van der Waals surface area (Å²) in [6, 6.07) is 0. The fraction of sp³-hybridized carbons (Fsp3) is 0.721. The lowest BCUT2D eigenvalue weighted by molar-refractivity contribution is -0.167. The van der Waals surface area contributed by atoms with E-state index < -0.39 is 6.10 Å². The second-order valence-electron chi connectivity index (χ2n) is 20.6. The van der Waals surface area contributed by atoms with E-state index in [0.29, 0.717) is 19.3 Å². The fourth-order valence-electron chi connectivity index (χ4n) is 8.72. The molecule has 1 unspecified atom stereocenters. The van der Waals surface area contributed by atoms with E-state index >= 15 is 0 Å². The molecule has 0 heterocycles. The molecule has 0 aliphatic rings. The van der Waals surface area contributed by atoms with E-state index in [2.05, 4.69) is 118 Å². The van der Waals surface area contributed by atoms with E-state index in [1.165, 1.54) is 141 Å². The third kappa shape index (κ3) is 59.2. The van der Waals surface area contributed by atoms with Crippen molar-refractivity contribution in [1.82, 2.24) is 0 Å². The predicted octanol–water partition coefficient (Wildman–Crippen LogP) is 21.3. The maximum atomic E-state index is 12.8.